The molecule has 0 bridgehead atoms. The van der Waals surface area contributed by atoms with Gasteiger partial charge in [-0.15, -0.1) is 0 Å². The van der Waals surface area contributed by atoms with Crippen molar-refractivity contribution in [2.75, 3.05) is 6.61 Å². The maximum Gasteiger partial charge on any atom is 0.495 e. The lowest BCUT2D eigenvalue weighted by atomic mass is 9.77. The van der Waals surface area contributed by atoms with Crippen molar-refractivity contribution in [3.63, 3.8) is 0 Å². The van der Waals surface area contributed by atoms with Crippen LogP contribution >= 0.6 is 0 Å². The normalized spacial score (nSPS) is 27.7. The van der Waals surface area contributed by atoms with Crippen molar-refractivity contribution in [3.8, 4) is 0 Å². The summed E-state index contributed by atoms with van der Waals surface area (Å²) in [5.41, 5.74) is 1.84. The van der Waals surface area contributed by atoms with Crippen molar-refractivity contribution < 1.29 is 14.0 Å². The highest BCUT2D eigenvalue weighted by Gasteiger charge is 2.44. The fourth-order valence-electron chi connectivity index (χ4n) is 3.33. The summed E-state index contributed by atoms with van der Waals surface area (Å²) >= 11 is 0. The molecule has 2 aromatic rings. The van der Waals surface area contributed by atoms with E-state index in [0.29, 0.717) is 0 Å². The molecule has 23 heavy (non-hydrogen) atoms. The van der Waals surface area contributed by atoms with Crippen molar-refractivity contribution in [1.29, 1.82) is 0 Å². The number of aromatic nitrogens is 2. The van der Waals surface area contributed by atoms with E-state index in [4.69, 9.17) is 14.0 Å². The van der Waals surface area contributed by atoms with Gasteiger partial charge in [-0.3, -0.25) is 0 Å². The van der Waals surface area contributed by atoms with Gasteiger partial charge in [0.1, 0.15) is 0 Å². The lowest BCUT2D eigenvalue weighted by Crippen LogP contribution is -2.35. The monoisotopic (exact) mass is 314 g/mol. The number of benzene rings is 1. The van der Waals surface area contributed by atoms with Crippen LogP contribution in [0.4, 0.5) is 0 Å². The van der Waals surface area contributed by atoms with Gasteiger partial charge in [-0.1, -0.05) is 12.1 Å². The smallest absolute Gasteiger partial charge is 0.402 e. The lowest BCUT2D eigenvalue weighted by Gasteiger charge is -2.23. The molecule has 0 amide bonds. The minimum absolute atomic E-state index is 0.0391. The molecule has 6 heteroatoms. The van der Waals surface area contributed by atoms with Crippen LogP contribution in [0.15, 0.2) is 24.4 Å². The zero-order chi connectivity index (χ0) is 16.0. The van der Waals surface area contributed by atoms with Gasteiger partial charge >= 0.3 is 7.12 Å². The van der Waals surface area contributed by atoms with Gasteiger partial charge in [0.2, 0.25) is 0 Å². The molecule has 122 valence electrons. The average molecular weight is 314 g/mol. The molecule has 2 atom stereocenters. The molecular formula is C17H23BN2O3. The molecule has 0 N–H and O–H groups in total. The molecule has 2 saturated heterocycles. The Morgan fingerprint density at radius 3 is 2.87 bits per heavy atom. The summed E-state index contributed by atoms with van der Waals surface area (Å²) in [5, 5.41) is 5.67. The lowest BCUT2D eigenvalue weighted by molar-refractivity contribution is -0.0366. The van der Waals surface area contributed by atoms with Crippen molar-refractivity contribution in [2.24, 2.45) is 0 Å². The summed E-state index contributed by atoms with van der Waals surface area (Å²) in [7, 11) is -0.339. The predicted octanol–water partition coefficient (Wildman–Crippen LogP) is 2.64. The number of fused-ring (bicyclic) bond motifs is 1. The minimum atomic E-state index is -0.339. The third-order valence-electron chi connectivity index (χ3n) is 5.07. The predicted molar refractivity (Wildman–Crippen MR) is 89.7 cm³/mol. The Morgan fingerprint density at radius 1 is 1.30 bits per heavy atom. The van der Waals surface area contributed by atoms with E-state index in [-0.39, 0.29) is 25.1 Å². The van der Waals surface area contributed by atoms with E-state index >= 15 is 0 Å². The van der Waals surface area contributed by atoms with Crippen molar-refractivity contribution in [1.82, 2.24) is 9.78 Å². The van der Waals surface area contributed by atoms with Gasteiger partial charge in [0.05, 0.1) is 23.4 Å². The summed E-state index contributed by atoms with van der Waals surface area (Å²) < 4.78 is 20.0. The number of hydrogen-bond acceptors (Lipinski definition) is 4. The molecule has 2 aliphatic heterocycles. The summed E-state index contributed by atoms with van der Waals surface area (Å²) in [6, 6.07) is 6.20. The molecule has 4 rings (SSSR count). The molecule has 0 radical (unpaired) electrons. The molecular weight excluding hydrogens is 291 g/mol. The van der Waals surface area contributed by atoms with Crippen LogP contribution < -0.4 is 5.46 Å². The molecule has 2 unspecified atom stereocenters. The Morgan fingerprint density at radius 2 is 2.17 bits per heavy atom. The number of rotatable bonds is 2. The van der Waals surface area contributed by atoms with Crippen LogP contribution in [0, 0.1) is 0 Å². The Hall–Kier alpha value is -1.37. The van der Waals surface area contributed by atoms with Crippen LogP contribution in [0.25, 0.3) is 10.9 Å². The summed E-state index contributed by atoms with van der Waals surface area (Å²) in [6.45, 7) is 7.00. The second-order valence-corrected chi connectivity index (χ2v) is 7.02. The van der Waals surface area contributed by atoms with Gasteiger partial charge < -0.3 is 14.0 Å². The zero-order valence-electron chi connectivity index (χ0n) is 14.0. The molecule has 1 aromatic heterocycles. The van der Waals surface area contributed by atoms with Crippen molar-refractivity contribution >= 4 is 23.5 Å². The number of ether oxygens (including phenoxy) is 1. The topological polar surface area (TPSA) is 45.5 Å². The van der Waals surface area contributed by atoms with Crippen LogP contribution in [-0.2, 0) is 14.0 Å². The summed E-state index contributed by atoms with van der Waals surface area (Å²) in [6.07, 6.45) is 5.34. The zero-order valence-corrected chi connectivity index (χ0v) is 14.0. The van der Waals surface area contributed by atoms with E-state index in [0.717, 1.165) is 35.8 Å². The Balaban J connectivity index is 1.71. The highest BCUT2D eigenvalue weighted by atomic mass is 16.7. The highest BCUT2D eigenvalue weighted by Crippen LogP contribution is 2.29. The highest BCUT2D eigenvalue weighted by molar-refractivity contribution is 6.65. The van der Waals surface area contributed by atoms with E-state index in [1.54, 1.807) is 0 Å². The first kappa shape index (κ1) is 15.2. The maximum atomic E-state index is 6.12. The third-order valence-corrected chi connectivity index (χ3v) is 5.07. The molecule has 2 fully saturated rings. The molecule has 0 spiro atoms. The Labute approximate surface area is 137 Å². The van der Waals surface area contributed by atoms with Gasteiger partial charge in [-0.2, -0.15) is 5.10 Å². The standard InChI is InChI=1S/C17H23BN2O3/c1-12-17(2,3)23-18(22-12)14-7-6-8-15-13(14)11-19-20(15)16-9-4-5-10-21-16/h6-8,11-12,16H,4-5,9-10H2,1-3H3. The molecule has 0 saturated carbocycles. The molecule has 5 nitrogen and oxygen atoms in total. The number of nitrogens with zero attached hydrogens (tertiary/aromatic N) is 2. The second kappa shape index (κ2) is 5.62. The van der Waals surface area contributed by atoms with E-state index in [2.05, 4.69) is 38.0 Å². The molecule has 1 aromatic carbocycles. The average Bonchev–Trinajstić information content (AvgIpc) is 3.09. The van der Waals surface area contributed by atoms with Crippen molar-refractivity contribution in [3.05, 3.63) is 24.4 Å². The van der Waals surface area contributed by atoms with Crippen LogP contribution in [0.2, 0.25) is 0 Å². The Bertz CT molecular complexity index is 709. The van der Waals surface area contributed by atoms with Gasteiger partial charge in [-0.25, -0.2) is 4.68 Å². The first-order valence-electron chi connectivity index (χ1n) is 8.47. The summed E-state index contributed by atoms with van der Waals surface area (Å²) in [4.78, 5) is 0. The van der Waals surface area contributed by atoms with E-state index in [1.165, 1.54) is 6.42 Å². The van der Waals surface area contributed by atoms with Gasteiger partial charge in [0, 0.05) is 12.0 Å². The first-order valence-corrected chi connectivity index (χ1v) is 8.47. The molecule has 0 aliphatic carbocycles. The SMILES string of the molecule is CC1OB(c2cccc3c2cnn3C2CCCCO2)OC1(C)C. The fourth-order valence-corrected chi connectivity index (χ4v) is 3.33. The van der Waals surface area contributed by atoms with Gasteiger partial charge in [-0.05, 0) is 51.6 Å². The largest absolute Gasteiger partial charge is 0.495 e. The summed E-state index contributed by atoms with van der Waals surface area (Å²) in [5.74, 6) is 0. The molecule has 3 heterocycles. The second-order valence-electron chi connectivity index (χ2n) is 7.02. The van der Waals surface area contributed by atoms with E-state index < -0.39 is 0 Å². The third kappa shape index (κ3) is 2.59. The Kier molecular flexibility index (Phi) is 3.71. The van der Waals surface area contributed by atoms with E-state index in [9.17, 15) is 0 Å². The molecule has 2 aliphatic rings. The van der Waals surface area contributed by atoms with Crippen LogP contribution in [-0.4, -0.2) is 35.2 Å². The van der Waals surface area contributed by atoms with Gasteiger partial charge in [0.15, 0.2) is 6.23 Å². The van der Waals surface area contributed by atoms with Crippen LogP contribution in [0.1, 0.15) is 46.3 Å². The quantitative estimate of drug-likeness (QED) is 0.800. The minimum Gasteiger partial charge on any atom is -0.402 e. The number of hydrogen-bond donors (Lipinski definition) is 0. The van der Waals surface area contributed by atoms with Crippen LogP contribution in [0.3, 0.4) is 0 Å². The van der Waals surface area contributed by atoms with E-state index in [1.807, 2.05) is 16.9 Å². The maximum absolute atomic E-state index is 6.12. The fraction of sp³-hybridized carbons (Fsp3) is 0.588. The van der Waals surface area contributed by atoms with Crippen LogP contribution in [0.5, 0.6) is 0 Å². The first-order chi connectivity index (χ1) is 11.1. The van der Waals surface area contributed by atoms with Gasteiger partial charge in [0.25, 0.3) is 0 Å². The van der Waals surface area contributed by atoms with Crippen molar-refractivity contribution in [2.45, 2.75) is 58.0 Å².